The van der Waals surface area contributed by atoms with Gasteiger partial charge in [-0.05, 0) is 43.4 Å². The minimum absolute atomic E-state index is 0.771. The van der Waals surface area contributed by atoms with Gasteiger partial charge in [-0.3, -0.25) is 4.98 Å². The van der Waals surface area contributed by atoms with Gasteiger partial charge in [0.2, 0.25) is 0 Å². The molecule has 0 spiro atoms. The summed E-state index contributed by atoms with van der Waals surface area (Å²) < 4.78 is 0. The maximum absolute atomic E-state index is 4.70. The SMILES string of the molecule is c1cnc2c(N3CCCNCC3)c(C3CC3)ccc2c1. The number of benzene rings is 1. The summed E-state index contributed by atoms with van der Waals surface area (Å²) in [6, 6.07) is 8.80. The molecule has 20 heavy (non-hydrogen) atoms. The van der Waals surface area contributed by atoms with Crippen LogP contribution in [-0.2, 0) is 0 Å². The van der Waals surface area contributed by atoms with Crippen LogP contribution in [0.2, 0.25) is 0 Å². The number of hydrogen-bond donors (Lipinski definition) is 1. The van der Waals surface area contributed by atoms with Gasteiger partial charge in [0.05, 0.1) is 11.2 Å². The van der Waals surface area contributed by atoms with Gasteiger partial charge in [-0.1, -0.05) is 18.2 Å². The third-order valence-corrected chi connectivity index (χ3v) is 4.45. The quantitative estimate of drug-likeness (QED) is 0.907. The first kappa shape index (κ1) is 12.2. The Morgan fingerprint density at radius 1 is 1.10 bits per heavy atom. The van der Waals surface area contributed by atoms with Crippen molar-refractivity contribution in [2.24, 2.45) is 0 Å². The van der Waals surface area contributed by atoms with Crippen molar-refractivity contribution >= 4 is 16.6 Å². The van der Waals surface area contributed by atoms with Gasteiger partial charge in [0, 0.05) is 31.2 Å². The summed E-state index contributed by atoms with van der Waals surface area (Å²) in [5.74, 6) is 0.771. The average Bonchev–Trinajstić information content (AvgIpc) is 3.33. The number of aromatic nitrogens is 1. The molecule has 1 aromatic carbocycles. The largest absolute Gasteiger partial charge is 0.368 e. The molecule has 2 aromatic rings. The predicted octanol–water partition coefficient (Wildman–Crippen LogP) is 2.91. The van der Waals surface area contributed by atoms with Gasteiger partial charge in [0.15, 0.2) is 0 Å². The normalized spacial score (nSPS) is 20.1. The van der Waals surface area contributed by atoms with Crippen molar-refractivity contribution in [3.63, 3.8) is 0 Å². The maximum atomic E-state index is 4.70. The van der Waals surface area contributed by atoms with E-state index in [1.807, 2.05) is 12.3 Å². The van der Waals surface area contributed by atoms with E-state index in [1.165, 1.54) is 41.4 Å². The maximum Gasteiger partial charge on any atom is 0.0938 e. The molecule has 1 saturated carbocycles. The molecule has 2 aliphatic rings. The summed E-state index contributed by atoms with van der Waals surface area (Å²) >= 11 is 0. The summed E-state index contributed by atoms with van der Waals surface area (Å²) in [6.07, 6.45) is 5.83. The highest BCUT2D eigenvalue weighted by atomic mass is 15.2. The Balaban J connectivity index is 1.86. The fourth-order valence-electron chi connectivity index (χ4n) is 3.27. The van der Waals surface area contributed by atoms with Gasteiger partial charge in [0.25, 0.3) is 0 Å². The standard InChI is InChI=1S/C17H21N3/c1-3-14-6-7-15(13-4-5-13)17(16(14)19-9-1)20-11-2-8-18-10-12-20/h1,3,6-7,9,13,18H,2,4-5,8,10-12H2. The van der Waals surface area contributed by atoms with Gasteiger partial charge in [-0.15, -0.1) is 0 Å². The molecule has 0 unspecified atom stereocenters. The summed E-state index contributed by atoms with van der Waals surface area (Å²) in [5.41, 5.74) is 4.13. The summed E-state index contributed by atoms with van der Waals surface area (Å²) in [6.45, 7) is 4.44. The minimum Gasteiger partial charge on any atom is -0.368 e. The first-order valence-electron chi connectivity index (χ1n) is 7.77. The molecule has 0 bridgehead atoms. The van der Waals surface area contributed by atoms with Crippen LogP contribution in [0.25, 0.3) is 10.9 Å². The summed E-state index contributed by atoms with van der Waals surface area (Å²) in [5, 5.41) is 4.76. The van der Waals surface area contributed by atoms with E-state index in [2.05, 4.69) is 28.4 Å². The third-order valence-electron chi connectivity index (χ3n) is 4.45. The fraction of sp³-hybridized carbons (Fsp3) is 0.471. The lowest BCUT2D eigenvalue weighted by Crippen LogP contribution is -2.29. The second kappa shape index (κ2) is 5.06. The van der Waals surface area contributed by atoms with E-state index in [-0.39, 0.29) is 0 Å². The highest BCUT2D eigenvalue weighted by Crippen LogP contribution is 2.46. The van der Waals surface area contributed by atoms with E-state index in [1.54, 1.807) is 0 Å². The van der Waals surface area contributed by atoms with Crippen LogP contribution in [0.15, 0.2) is 30.5 Å². The number of hydrogen-bond acceptors (Lipinski definition) is 3. The summed E-state index contributed by atoms with van der Waals surface area (Å²) in [7, 11) is 0. The van der Waals surface area contributed by atoms with E-state index in [0.29, 0.717) is 0 Å². The number of pyridine rings is 1. The van der Waals surface area contributed by atoms with Gasteiger partial charge in [-0.2, -0.15) is 0 Å². The highest BCUT2D eigenvalue weighted by Gasteiger charge is 2.29. The molecule has 3 nitrogen and oxygen atoms in total. The molecule has 1 aliphatic carbocycles. The third kappa shape index (κ3) is 2.16. The van der Waals surface area contributed by atoms with Crippen LogP contribution in [-0.4, -0.2) is 31.2 Å². The topological polar surface area (TPSA) is 28.2 Å². The van der Waals surface area contributed by atoms with Crippen LogP contribution in [0.4, 0.5) is 5.69 Å². The van der Waals surface area contributed by atoms with E-state index in [0.717, 1.165) is 32.1 Å². The monoisotopic (exact) mass is 267 g/mol. The number of rotatable bonds is 2. The van der Waals surface area contributed by atoms with Crippen LogP contribution in [0.1, 0.15) is 30.7 Å². The number of fused-ring (bicyclic) bond motifs is 1. The molecule has 4 rings (SSSR count). The molecule has 1 saturated heterocycles. The second-order valence-corrected chi connectivity index (χ2v) is 5.94. The van der Waals surface area contributed by atoms with Gasteiger partial charge in [0.1, 0.15) is 0 Å². The Labute approximate surface area is 120 Å². The summed E-state index contributed by atoms with van der Waals surface area (Å²) in [4.78, 5) is 7.25. The van der Waals surface area contributed by atoms with Crippen molar-refractivity contribution in [3.05, 3.63) is 36.0 Å². The Hall–Kier alpha value is -1.61. The van der Waals surface area contributed by atoms with Crippen molar-refractivity contribution in [2.75, 3.05) is 31.1 Å². The van der Waals surface area contributed by atoms with Crippen molar-refractivity contribution in [1.82, 2.24) is 10.3 Å². The van der Waals surface area contributed by atoms with Crippen LogP contribution in [0.3, 0.4) is 0 Å². The smallest absolute Gasteiger partial charge is 0.0938 e. The highest BCUT2D eigenvalue weighted by molar-refractivity contribution is 5.93. The van der Waals surface area contributed by atoms with Crippen LogP contribution >= 0.6 is 0 Å². The molecule has 0 radical (unpaired) electrons. The lowest BCUT2D eigenvalue weighted by molar-refractivity contribution is 0.724. The molecule has 3 heteroatoms. The molecule has 0 amide bonds. The molecule has 1 aromatic heterocycles. The molecule has 2 fully saturated rings. The lowest BCUT2D eigenvalue weighted by Gasteiger charge is -2.26. The van der Waals surface area contributed by atoms with E-state index >= 15 is 0 Å². The molecule has 0 atom stereocenters. The Bertz CT molecular complexity index is 611. The van der Waals surface area contributed by atoms with Crippen molar-refractivity contribution in [2.45, 2.75) is 25.2 Å². The number of nitrogens with zero attached hydrogens (tertiary/aromatic N) is 2. The van der Waals surface area contributed by atoms with Crippen molar-refractivity contribution in [1.29, 1.82) is 0 Å². The zero-order valence-corrected chi connectivity index (χ0v) is 11.8. The lowest BCUT2D eigenvalue weighted by atomic mass is 10.0. The first-order chi connectivity index (χ1) is 9.93. The van der Waals surface area contributed by atoms with Gasteiger partial charge < -0.3 is 10.2 Å². The minimum atomic E-state index is 0.771. The molecular weight excluding hydrogens is 246 g/mol. The molecule has 2 heterocycles. The van der Waals surface area contributed by atoms with Crippen LogP contribution < -0.4 is 10.2 Å². The molecule has 104 valence electrons. The zero-order chi connectivity index (χ0) is 13.4. The average molecular weight is 267 g/mol. The van der Waals surface area contributed by atoms with E-state index in [4.69, 9.17) is 4.98 Å². The Kier molecular flexibility index (Phi) is 3.07. The number of nitrogens with one attached hydrogen (secondary N) is 1. The number of anilines is 1. The zero-order valence-electron chi connectivity index (χ0n) is 11.8. The molecular formula is C17H21N3. The van der Waals surface area contributed by atoms with Crippen molar-refractivity contribution in [3.8, 4) is 0 Å². The Morgan fingerprint density at radius 3 is 2.95 bits per heavy atom. The van der Waals surface area contributed by atoms with Gasteiger partial charge in [-0.25, -0.2) is 0 Å². The fourth-order valence-corrected chi connectivity index (χ4v) is 3.27. The Morgan fingerprint density at radius 2 is 2.05 bits per heavy atom. The first-order valence-corrected chi connectivity index (χ1v) is 7.77. The second-order valence-electron chi connectivity index (χ2n) is 5.94. The van der Waals surface area contributed by atoms with Gasteiger partial charge >= 0.3 is 0 Å². The van der Waals surface area contributed by atoms with E-state index in [9.17, 15) is 0 Å². The predicted molar refractivity (Wildman–Crippen MR) is 83.4 cm³/mol. The van der Waals surface area contributed by atoms with Crippen LogP contribution in [0, 0.1) is 0 Å². The molecule has 1 aliphatic heterocycles. The molecule has 1 N–H and O–H groups in total. The van der Waals surface area contributed by atoms with Crippen molar-refractivity contribution < 1.29 is 0 Å². The van der Waals surface area contributed by atoms with E-state index < -0.39 is 0 Å². The van der Waals surface area contributed by atoms with Crippen LogP contribution in [0.5, 0.6) is 0 Å².